The summed E-state index contributed by atoms with van der Waals surface area (Å²) in [5.41, 5.74) is 8.68. The lowest BCUT2D eigenvalue weighted by molar-refractivity contribution is 0.0785. The van der Waals surface area contributed by atoms with Crippen LogP contribution in [0.5, 0.6) is 5.75 Å². The summed E-state index contributed by atoms with van der Waals surface area (Å²) >= 11 is 1.37. The number of amides is 3. The molecule has 35 heavy (non-hydrogen) atoms. The van der Waals surface area contributed by atoms with E-state index in [0.29, 0.717) is 23.9 Å². The number of pyridine rings is 1. The summed E-state index contributed by atoms with van der Waals surface area (Å²) in [6.07, 6.45) is 2.41. The summed E-state index contributed by atoms with van der Waals surface area (Å²) < 4.78 is 5.24. The summed E-state index contributed by atoms with van der Waals surface area (Å²) in [7, 11) is 1.64. The van der Waals surface area contributed by atoms with Crippen molar-refractivity contribution >= 4 is 28.4 Å². The largest absolute Gasteiger partial charge is 0.497 e. The van der Waals surface area contributed by atoms with Gasteiger partial charge in [0, 0.05) is 42.7 Å². The van der Waals surface area contributed by atoms with Crippen molar-refractivity contribution in [1.29, 1.82) is 0 Å². The fourth-order valence-electron chi connectivity index (χ4n) is 3.89. The third-order valence-electron chi connectivity index (χ3n) is 6.19. The SMILES string of the molecule is COc1ccc(C(C)(C)c2csc(NC(=O)NCc3ccc(C(=O)N4CCC(N)C4)nc3)n2)cc1. The Morgan fingerprint density at radius 1 is 1.23 bits per heavy atom. The van der Waals surface area contributed by atoms with Crippen molar-refractivity contribution in [2.75, 3.05) is 25.5 Å². The molecule has 1 aliphatic heterocycles. The summed E-state index contributed by atoms with van der Waals surface area (Å²) in [5, 5.41) is 8.06. The number of rotatable bonds is 7. The van der Waals surface area contributed by atoms with Gasteiger partial charge in [-0.15, -0.1) is 11.3 Å². The Morgan fingerprint density at radius 3 is 2.63 bits per heavy atom. The lowest BCUT2D eigenvalue weighted by Crippen LogP contribution is -2.32. The molecule has 1 fully saturated rings. The Hall–Kier alpha value is -3.50. The predicted molar refractivity (Wildman–Crippen MR) is 136 cm³/mol. The predicted octanol–water partition coefficient (Wildman–Crippen LogP) is 3.37. The third-order valence-corrected chi connectivity index (χ3v) is 6.94. The van der Waals surface area contributed by atoms with Gasteiger partial charge in [-0.2, -0.15) is 0 Å². The number of carbonyl (C=O) groups excluding carboxylic acids is 2. The number of thiazole rings is 1. The highest BCUT2D eigenvalue weighted by atomic mass is 32.1. The minimum atomic E-state index is -0.362. The van der Waals surface area contributed by atoms with Gasteiger partial charge in [-0.1, -0.05) is 32.0 Å². The number of nitrogens with zero attached hydrogens (tertiary/aromatic N) is 3. The first-order valence-corrected chi connectivity index (χ1v) is 12.3. The van der Waals surface area contributed by atoms with Gasteiger partial charge in [0.15, 0.2) is 5.13 Å². The first kappa shape index (κ1) is 24.6. The van der Waals surface area contributed by atoms with E-state index in [4.69, 9.17) is 10.5 Å². The molecule has 184 valence electrons. The van der Waals surface area contributed by atoms with Gasteiger partial charge >= 0.3 is 6.03 Å². The Morgan fingerprint density at radius 2 is 2.00 bits per heavy atom. The number of anilines is 1. The van der Waals surface area contributed by atoms with E-state index >= 15 is 0 Å². The van der Waals surface area contributed by atoms with E-state index in [0.717, 1.165) is 29.0 Å². The molecule has 10 heteroatoms. The second-order valence-electron chi connectivity index (χ2n) is 9.05. The van der Waals surface area contributed by atoms with Crippen LogP contribution < -0.4 is 21.1 Å². The van der Waals surface area contributed by atoms with Crippen molar-refractivity contribution in [1.82, 2.24) is 20.2 Å². The van der Waals surface area contributed by atoms with E-state index in [1.807, 2.05) is 29.6 Å². The van der Waals surface area contributed by atoms with Crippen molar-refractivity contribution in [3.8, 4) is 5.75 Å². The van der Waals surface area contributed by atoms with E-state index in [1.54, 1.807) is 30.3 Å². The standard InChI is InChI=1S/C25H30N6O3S/c1-25(2,17-5-7-19(34-3)8-6-17)21-15-35-24(29-21)30-23(33)28-13-16-4-9-20(27-12-16)22(32)31-11-10-18(26)14-31/h4-9,12,15,18H,10-11,13-14,26H2,1-3H3,(H2,28,29,30,33). The van der Waals surface area contributed by atoms with Gasteiger partial charge in [-0.25, -0.2) is 9.78 Å². The van der Waals surface area contributed by atoms with E-state index in [-0.39, 0.29) is 29.9 Å². The van der Waals surface area contributed by atoms with Crippen molar-refractivity contribution in [3.05, 3.63) is 70.5 Å². The number of ether oxygens (including phenoxy) is 1. The van der Waals surface area contributed by atoms with Crippen LogP contribution in [0.3, 0.4) is 0 Å². The molecule has 4 rings (SSSR count). The van der Waals surface area contributed by atoms with Crippen LogP contribution in [0.25, 0.3) is 0 Å². The highest BCUT2D eigenvalue weighted by Crippen LogP contribution is 2.34. The number of methoxy groups -OCH3 is 1. The van der Waals surface area contributed by atoms with Crippen LogP contribution in [0, 0.1) is 0 Å². The second kappa shape index (κ2) is 10.4. The molecule has 1 aromatic carbocycles. The zero-order valence-electron chi connectivity index (χ0n) is 20.1. The Labute approximate surface area is 208 Å². The van der Waals surface area contributed by atoms with Gasteiger partial charge in [-0.05, 0) is 35.7 Å². The molecule has 1 aliphatic rings. The van der Waals surface area contributed by atoms with Crippen LogP contribution in [0.1, 0.15) is 47.6 Å². The van der Waals surface area contributed by atoms with E-state index in [9.17, 15) is 9.59 Å². The lowest BCUT2D eigenvalue weighted by Gasteiger charge is -2.23. The van der Waals surface area contributed by atoms with Crippen LogP contribution in [0.2, 0.25) is 0 Å². The number of carbonyl (C=O) groups is 2. The summed E-state index contributed by atoms with van der Waals surface area (Å²) in [6.45, 7) is 5.67. The van der Waals surface area contributed by atoms with E-state index in [1.165, 1.54) is 11.3 Å². The maximum absolute atomic E-state index is 12.5. The summed E-state index contributed by atoms with van der Waals surface area (Å²) in [4.78, 5) is 35.5. The molecule has 0 radical (unpaired) electrons. The quantitative estimate of drug-likeness (QED) is 0.463. The van der Waals surface area contributed by atoms with Crippen LogP contribution in [0.4, 0.5) is 9.93 Å². The van der Waals surface area contributed by atoms with Crippen LogP contribution in [0.15, 0.2) is 48.0 Å². The fraction of sp³-hybridized carbons (Fsp3) is 0.360. The molecule has 3 heterocycles. The van der Waals surface area contributed by atoms with Crippen molar-refractivity contribution in [2.45, 2.75) is 38.3 Å². The summed E-state index contributed by atoms with van der Waals surface area (Å²) in [5.74, 6) is 0.682. The molecule has 0 bridgehead atoms. The average Bonchev–Trinajstić information content (AvgIpc) is 3.52. The van der Waals surface area contributed by atoms with Gasteiger partial charge in [0.25, 0.3) is 5.91 Å². The molecule has 1 unspecified atom stereocenters. The number of benzene rings is 1. The highest BCUT2D eigenvalue weighted by Gasteiger charge is 2.27. The topological polar surface area (TPSA) is 122 Å². The van der Waals surface area contributed by atoms with E-state index in [2.05, 4.69) is 34.4 Å². The third kappa shape index (κ3) is 5.77. The number of aromatic nitrogens is 2. The molecule has 3 aromatic rings. The monoisotopic (exact) mass is 494 g/mol. The minimum Gasteiger partial charge on any atom is -0.497 e. The number of hydrogen-bond acceptors (Lipinski definition) is 7. The molecule has 3 amide bonds. The Kier molecular flexibility index (Phi) is 7.32. The number of nitrogens with one attached hydrogen (secondary N) is 2. The van der Waals surface area contributed by atoms with Crippen LogP contribution >= 0.6 is 11.3 Å². The van der Waals surface area contributed by atoms with E-state index < -0.39 is 0 Å². The van der Waals surface area contributed by atoms with Crippen LogP contribution in [-0.4, -0.2) is 53.0 Å². The molecular formula is C25H30N6O3S. The number of hydrogen-bond donors (Lipinski definition) is 3. The number of urea groups is 1. The molecular weight excluding hydrogens is 464 g/mol. The van der Waals surface area contributed by atoms with Gasteiger partial charge in [0.2, 0.25) is 0 Å². The summed E-state index contributed by atoms with van der Waals surface area (Å²) in [6, 6.07) is 11.0. The zero-order chi connectivity index (χ0) is 25.0. The number of nitrogens with two attached hydrogens (primary N) is 1. The van der Waals surface area contributed by atoms with Gasteiger partial charge in [0.1, 0.15) is 11.4 Å². The minimum absolute atomic E-state index is 0.0309. The lowest BCUT2D eigenvalue weighted by atomic mass is 9.82. The average molecular weight is 495 g/mol. The first-order chi connectivity index (χ1) is 16.8. The molecule has 1 atom stereocenters. The maximum atomic E-state index is 12.5. The fourth-order valence-corrected chi connectivity index (χ4v) is 4.76. The van der Waals surface area contributed by atoms with Crippen molar-refractivity contribution in [2.24, 2.45) is 5.73 Å². The smallest absolute Gasteiger partial charge is 0.321 e. The van der Waals surface area contributed by atoms with Crippen LogP contribution in [-0.2, 0) is 12.0 Å². The molecule has 4 N–H and O–H groups in total. The Bertz CT molecular complexity index is 1180. The molecule has 2 aromatic heterocycles. The normalized spacial score (nSPS) is 15.7. The first-order valence-electron chi connectivity index (χ1n) is 11.4. The molecule has 9 nitrogen and oxygen atoms in total. The van der Waals surface area contributed by atoms with Gasteiger partial charge in [0.05, 0.1) is 12.8 Å². The van der Waals surface area contributed by atoms with Crippen molar-refractivity contribution in [3.63, 3.8) is 0 Å². The number of likely N-dealkylation sites (tertiary alicyclic amines) is 1. The zero-order valence-corrected chi connectivity index (χ0v) is 20.9. The van der Waals surface area contributed by atoms with Gasteiger partial charge in [-0.3, -0.25) is 15.1 Å². The highest BCUT2D eigenvalue weighted by molar-refractivity contribution is 7.13. The van der Waals surface area contributed by atoms with Gasteiger partial charge < -0.3 is 20.7 Å². The molecule has 1 saturated heterocycles. The second-order valence-corrected chi connectivity index (χ2v) is 9.91. The molecule has 0 aliphatic carbocycles. The molecule has 0 saturated carbocycles. The van der Waals surface area contributed by atoms with Crippen molar-refractivity contribution < 1.29 is 14.3 Å². The Balaban J connectivity index is 1.30. The molecule has 0 spiro atoms. The maximum Gasteiger partial charge on any atom is 0.321 e.